The van der Waals surface area contributed by atoms with Gasteiger partial charge in [0.05, 0.1) is 4.90 Å². The molecule has 3 nitrogen and oxygen atoms in total. The van der Waals surface area contributed by atoms with Gasteiger partial charge in [-0.15, -0.1) is 0 Å². The second-order valence-electron chi connectivity index (χ2n) is 3.81. The molecule has 1 aromatic rings. The van der Waals surface area contributed by atoms with Crippen molar-refractivity contribution in [1.82, 2.24) is 4.31 Å². The summed E-state index contributed by atoms with van der Waals surface area (Å²) in [4.78, 5) is 0.391. The van der Waals surface area contributed by atoms with Gasteiger partial charge in [-0.25, -0.2) is 8.42 Å². The second kappa shape index (κ2) is 5.46. The molecule has 0 aliphatic carbocycles. The number of hydrogen-bond donors (Lipinski definition) is 0. The van der Waals surface area contributed by atoms with Crippen LogP contribution in [0.15, 0.2) is 29.2 Å². The zero-order valence-electron chi connectivity index (χ0n) is 10.1. The second-order valence-corrected chi connectivity index (χ2v) is 5.75. The minimum atomic E-state index is -3.30. The van der Waals surface area contributed by atoms with Gasteiger partial charge in [-0.1, -0.05) is 26.0 Å². The standard InChI is InChI=1S/C12H19NO2S/c1-4-9-13(5-2)16(14,15)12-8-6-7-11(3)10-12/h6-8,10H,4-5,9H2,1-3H3. The van der Waals surface area contributed by atoms with Crippen LogP contribution in [0.25, 0.3) is 0 Å². The Kier molecular flexibility index (Phi) is 4.50. The van der Waals surface area contributed by atoms with Crippen LogP contribution in [0.5, 0.6) is 0 Å². The van der Waals surface area contributed by atoms with E-state index in [4.69, 9.17) is 0 Å². The van der Waals surface area contributed by atoms with Crippen molar-refractivity contribution < 1.29 is 8.42 Å². The van der Waals surface area contributed by atoms with Gasteiger partial charge in [-0.2, -0.15) is 4.31 Å². The van der Waals surface area contributed by atoms with Crippen molar-refractivity contribution in [2.45, 2.75) is 32.1 Å². The maximum absolute atomic E-state index is 12.2. The zero-order valence-corrected chi connectivity index (χ0v) is 10.9. The highest BCUT2D eigenvalue weighted by molar-refractivity contribution is 7.89. The zero-order chi connectivity index (χ0) is 12.2. The Balaban J connectivity index is 3.09. The Morgan fingerprint density at radius 1 is 1.25 bits per heavy atom. The molecule has 0 atom stereocenters. The molecular weight excluding hydrogens is 222 g/mol. The number of hydrogen-bond acceptors (Lipinski definition) is 2. The quantitative estimate of drug-likeness (QED) is 0.794. The smallest absolute Gasteiger partial charge is 0.207 e. The molecule has 0 N–H and O–H groups in total. The van der Waals surface area contributed by atoms with Crippen LogP contribution < -0.4 is 0 Å². The Bertz CT molecular complexity index is 440. The first-order valence-corrected chi connectivity index (χ1v) is 7.03. The van der Waals surface area contributed by atoms with Gasteiger partial charge in [0.25, 0.3) is 0 Å². The minimum absolute atomic E-state index is 0.391. The fourth-order valence-electron chi connectivity index (χ4n) is 1.62. The third kappa shape index (κ3) is 2.83. The third-order valence-electron chi connectivity index (χ3n) is 2.45. The summed E-state index contributed by atoms with van der Waals surface area (Å²) in [6.45, 7) is 6.84. The lowest BCUT2D eigenvalue weighted by atomic mass is 10.2. The lowest BCUT2D eigenvalue weighted by molar-refractivity contribution is 0.427. The normalized spacial score (nSPS) is 12.0. The van der Waals surface area contributed by atoms with Gasteiger partial charge in [0.1, 0.15) is 0 Å². The molecule has 0 radical (unpaired) electrons. The maximum Gasteiger partial charge on any atom is 0.243 e. The van der Waals surface area contributed by atoms with Gasteiger partial charge < -0.3 is 0 Å². The molecule has 0 aliphatic rings. The summed E-state index contributed by atoms with van der Waals surface area (Å²) < 4.78 is 26.0. The molecule has 1 aromatic carbocycles. The lowest BCUT2D eigenvalue weighted by Gasteiger charge is -2.19. The van der Waals surface area contributed by atoms with E-state index in [2.05, 4.69) is 0 Å². The summed E-state index contributed by atoms with van der Waals surface area (Å²) in [5.74, 6) is 0. The fourth-order valence-corrected chi connectivity index (χ4v) is 3.27. The Labute approximate surface area is 98.1 Å². The van der Waals surface area contributed by atoms with Gasteiger partial charge in [-0.3, -0.25) is 0 Å². The van der Waals surface area contributed by atoms with Crippen LogP contribution in [0, 0.1) is 6.92 Å². The van der Waals surface area contributed by atoms with Crippen molar-refractivity contribution in [3.8, 4) is 0 Å². The third-order valence-corrected chi connectivity index (χ3v) is 4.42. The molecule has 0 heterocycles. The van der Waals surface area contributed by atoms with Crippen molar-refractivity contribution in [3.63, 3.8) is 0 Å². The molecule has 0 bridgehead atoms. The van der Waals surface area contributed by atoms with Crippen LogP contribution in [0.4, 0.5) is 0 Å². The van der Waals surface area contributed by atoms with Gasteiger partial charge in [0.15, 0.2) is 0 Å². The Morgan fingerprint density at radius 2 is 1.94 bits per heavy atom. The average molecular weight is 241 g/mol. The topological polar surface area (TPSA) is 37.4 Å². The van der Waals surface area contributed by atoms with E-state index in [1.165, 1.54) is 4.31 Å². The van der Waals surface area contributed by atoms with E-state index in [1.54, 1.807) is 18.2 Å². The van der Waals surface area contributed by atoms with Crippen molar-refractivity contribution in [2.24, 2.45) is 0 Å². The van der Waals surface area contributed by atoms with Gasteiger partial charge in [-0.05, 0) is 31.0 Å². The number of rotatable bonds is 5. The molecule has 0 saturated heterocycles. The summed E-state index contributed by atoms with van der Waals surface area (Å²) in [5, 5.41) is 0. The maximum atomic E-state index is 12.2. The molecule has 90 valence electrons. The van der Waals surface area contributed by atoms with Crippen molar-refractivity contribution in [2.75, 3.05) is 13.1 Å². The first kappa shape index (κ1) is 13.2. The molecule has 0 amide bonds. The van der Waals surface area contributed by atoms with Crippen molar-refractivity contribution >= 4 is 10.0 Å². The van der Waals surface area contributed by atoms with Crippen molar-refractivity contribution in [3.05, 3.63) is 29.8 Å². The minimum Gasteiger partial charge on any atom is -0.207 e. The Hall–Kier alpha value is -0.870. The van der Waals surface area contributed by atoms with Crippen LogP contribution in [0.1, 0.15) is 25.8 Å². The highest BCUT2D eigenvalue weighted by Crippen LogP contribution is 2.16. The molecule has 0 spiro atoms. The van der Waals surface area contributed by atoms with E-state index in [-0.39, 0.29) is 0 Å². The predicted octanol–water partition coefficient (Wildman–Crippen LogP) is 2.42. The van der Waals surface area contributed by atoms with E-state index >= 15 is 0 Å². The summed E-state index contributed by atoms with van der Waals surface area (Å²) in [5.41, 5.74) is 0.966. The fraction of sp³-hybridized carbons (Fsp3) is 0.500. The van der Waals surface area contributed by atoms with E-state index in [0.717, 1.165) is 12.0 Å². The van der Waals surface area contributed by atoms with Gasteiger partial charge in [0, 0.05) is 13.1 Å². The molecule has 0 aliphatic heterocycles. The molecule has 1 rings (SSSR count). The Morgan fingerprint density at radius 3 is 2.44 bits per heavy atom. The molecule has 0 saturated carbocycles. The van der Waals surface area contributed by atoms with Crippen LogP contribution in [-0.2, 0) is 10.0 Å². The number of benzene rings is 1. The molecule has 0 aromatic heterocycles. The molecule has 0 unspecified atom stereocenters. The highest BCUT2D eigenvalue weighted by atomic mass is 32.2. The molecule has 4 heteroatoms. The largest absolute Gasteiger partial charge is 0.243 e. The van der Waals surface area contributed by atoms with Crippen LogP contribution in [-0.4, -0.2) is 25.8 Å². The summed E-state index contributed by atoms with van der Waals surface area (Å²) in [6.07, 6.45) is 0.832. The number of sulfonamides is 1. The van der Waals surface area contributed by atoms with E-state index in [1.807, 2.05) is 26.8 Å². The first-order valence-electron chi connectivity index (χ1n) is 5.59. The summed E-state index contributed by atoms with van der Waals surface area (Å²) >= 11 is 0. The highest BCUT2D eigenvalue weighted by Gasteiger charge is 2.21. The SMILES string of the molecule is CCCN(CC)S(=O)(=O)c1cccc(C)c1. The predicted molar refractivity (Wildman–Crippen MR) is 65.9 cm³/mol. The monoisotopic (exact) mass is 241 g/mol. The van der Waals surface area contributed by atoms with E-state index in [9.17, 15) is 8.42 Å². The number of aryl methyl sites for hydroxylation is 1. The van der Waals surface area contributed by atoms with Gasteiger partial charge in [0.2, 0.25) is 10.0 Å². The van der Waals surface area contributed by atoms with Gasteiger partial charge >= 0.3 is 0 Å². The molecule has 0 fully saturated rings. The van der Waals surface area contributed by atoms with E-state index in [0.29, 0.717) is 18.0 Å². The van der Waals surface area contributed by atoms with Crippen LogP contribution in [0.3, 0.4) is 0 Å². The summed E-state index contributed by atoms with van der Waals surface area (Å²) in [6, 6.07) is 7.05. The van der Waals surface area contributed by atoms with Crippen LogP contribution in [0.2, 0.25) is 0 Å². The summed E-state index contributed by atoms with van der Waals surface area (Å²) in [7, 11) is -3.30. The average Bonchev–Trinajstić information content (AvgIpc) is 2.25. The number of nitrogens with zero attached hydrogens (tertiary/aromatic N) is 1. The first-order chi connectivity index (χ1) is 7.52. The van der Waals surface area contributed by atoms with Crippen LogP contribution >= 0.6 is 0 Å². The molecule has 16 heavy (non-hydrogen) atoms. The van der Waals surface area contributed by atoms with E-state index < -0.39 is 10.0 Å². The van der Waals surface area contributed by atoms with Crippen molar-refractivity contribution in [1.29, 1.82) is 0 Å². The molecular formula is C12H19NO2S. The lowest BCUT2D eigenvalue weighted by Crippen LogP contribution is -2.31.